The topological polar surface area (TPSA) is 98.7 Å². The third-order valence-corrected chi connectivity index (χ3v) is 6.00. The van der Waals surface area contributed by atoms with Crippen molar-refractivity contribution in [2.45, 2.75) is 155 Å². The molecule has 0 atom stereocenters. The normalized spacial score (nSPS) is 9.74. The lowest BCUT2D eigenvalue weighted by Crippen LogP contribution is -2.25. The zero-order chi connectivity index (χ0) is 30.0. The molecule has 0 bridgehead atoms. The van der Waals surface area contributed by atoms with Crippen LogP contribution < -0.4 is 10.2 Å². The first kappa shape index (κ1) is 41.7. The highest BCUT2D eigenvalue weighted by Gasteiger charge is 2.02. The molecule has 0 N–H and O–H groups in total. The quantitative estimate of drug-likeness (QED) is 0.0475. The Kier molecular flexibility index (Phi) is 38.8. The summed E-state index contributed by atoms with van der Waals surface area (Å²) in [6.45, 7) is 16.1. The predicted molar refractivity (Wildman–Crippen MR) is 161 cm³/mol. The van der Waals surface area contributed by atoms with Crippen LogP contribution in [0.15, 0.2) is 24.7 Å². The van der Waals surface area contributed by atoms with Gasteiger partial charge in [-0.2, -0.15) is 0 Å². The molecule has 0 aromatic rings. The van der Waals surface area contributed by atoms with Gasteiger partial charge in [-0.3, -0.25) is 0 Å². The van der Waals surface area contributed by atoms with Crippen molar-refractivity contribution in [3.63, 3.8) is 0 Å². The summed E-state index contributed by atoms with van der Waals surface area (Å²) in [6, 6.07) is 0. The van der Waals surface area contributed by atoms with Crippen LogP contribution in [0.1, 0.15) is 142 Å². The number of carbonyl (C=O) groups is 2. The number of hydrogen-bond acceptors (Lipinski definition) is 6. The number of rotatable bonds is 26. The molecular weight excluding hydrogens is 508 g/mol. The summed E-state index contributed by atoms with van der Waals surface area (Å²) in [5, 5.41) is 20.6. The molecule has 0 aliphatic carbocycles. The van der Waals surface area contributed by atoms with Gasteiger partial charge in [-0.1, -0.05) is 143 Å². The Morgan fingerprint density at radius 3 is 0.923 bits per heavy atom. The minimum atomic E-state index is -1.32. The maximum Gasteiger partial charge on any atom is 0.895 e. The Morgan fingerprint density at radius 2 is 0.718 bits per heavy atom. The molecule has 0 aliphatic rings. The summed E-state index contributed by atoms with van der Waals surface area (Å²) in [7, 11) is 1.08. The van der Waals surface area contributed by atoms with E-state index in [2.05, 4.69) is 40.1 Å². The lowest BCUT2D eigenvalue weighted by molar-refractivity contribution is -0.304. The molecule has 0 rings (SSSR count). The molecular formula is C32H60O6Si. The second kappa shape index (κ2) is 36.2. The van der Waals surface area contributed by atoms with E-state index in [4.69, 9.17) is 9.47 Å². The van der Waals surface area contributed by atoms with E-state index in [1.807, 2.05) is 0 Å². The Balaban J connectivity index is -0.000000603. The van der Waals surface area contributed by atoms with Crippen LogP contribution in [0.3, 0.4) is 0 Å². The molecule has 0 aliphatic heterocycles. The number of carbonyl (C=O) groups excluding carboxylic acids is 2. The number of carboxylic acid groups (broad SMARTS) is 2. The summed E-state index contributed by atoms with van der Waals surface area (Å²) >= 11 is 0. The first-order valence-corrected chi connectivity index (χ1v) is 17.4. The van der Waals surface area contributed by atoms with E-state index in [9.17, 15) is 19.8 Å². The molecule has 0 radical (unpaired) electrons. The smallest absolute Gasteiger partial charge is 0.542 e. The Bertz CT molecular complexity index is 517. The van der Waals surface area contributed by atoms with Crippen LogP contribution in [0.4, 0.5) is 0 Å². The van der Waals surface area contributed by atoms with Crippen LogP contribution in [0, 0.1) is 0 Å². The molecule has 0 saturated carbocycles. The van der Waals surface area contributed by atoms with Crippen molar-refractivity contribution in [3.05, 3.63) is 24.7 Å². The van der Waals surface area contributed by atoms with E-state index in [1.54, 1.807) is 0 Å². The van der Waals surface area contributed by atoms with Crippen molar-refractivity contribution in [2.75, 3.05) is 13.2 Å². The van der Waals surface area contributed by atoms with Crippen LogP contribution in [-0.4, -0.2) is 34.7 Å². The monoisotopic (exact) mass is 568 g/mol. The van der Waals surface area contributed by atoms with Crippen molar-refractivity contribution >= 4 is 21.5 Å². The molecule has 0 fully saturated rings. The van der Waals surface area contributed by atoms with Crippen molar-refractivity contribution < 1.29 is 29.3 Å². The SMILES string of the molecule is C=C(OCCCCCCCCCCCC)C(=O)[O-].C=C(OCCCCCCCCCCCC)C(=O)[O-].C[Si+2]C. The molecule has 0 aromatic heterocycles. The van der Waals surface area contributed by atoms with E-state index >= 15 is 0 Å². The third-order valence-electron chi connectivity index (χ3n) is 6.00. The van der Waals surface area contributed by atoms with Crippen molar-refractivity contribution in [1.82, 2.24) is 0 Å². The van der Waals surface area contributed by atoms with Gasteiger partial charge in [0.1, 0.15) is 23.5 Å². The molecule has 0 unspecified atom stereocenters. The van der Waals surface area contributed by atoms with E-state index < -0.39 is 11.9 Å². The lowest BCUT2D eigenvalue weighted by atomic mass is 10.1. The molecule has 0 saturated heterocycles. The maximum atomic E-state index is 10.3. The first-order valence-electron chi connectivity index (χ1n) is 15.4. The fourth-order valence-electron chi connectivity index (χ4n) is 3.69. The summed E-state index contributed by atoms with van der Waals surface area (Å²) < 4.78 is 9.84. The zero-order valence-electron chi connectivity index (χ0n) is 25.9. The van der Waals surface area contributed by atoms with Gasteiger partial charge in [0.05, 0.1) is 13.2 Å². The molecule has 0 amide bonds. The minimum Gasteiger partial charge on any atom is -0.542 e. The van der Waals surface area contributed by atoms with Gasteiger partial charge >= 0.3 is 9.52 Å². The largest absolute Gasteiger partial charge is 0.895 e. The van der Waals surface area contributed by atoms with Crippen LogP contribution in [0.25, 0.3) is 0 Å². The molecule has 0 spiro atoms. The summed E-state index contributed by atoms with van der Waals surface area (Å²) in [4.78, 5) is 20.6. The van der Waals surface area contributed by atoms with Gasteiger partial charge in [0, 0.05) is 0 Å². The number of ether oxygens (including phenoxy) is 2. The summed E-state index contributed by atoms with van der Waals surface area (Å²) in [5.41, 5.74) is 0. The van der Waals surface area contributed by atoms with E-state index in [0.29, 0.717) is 13.2 Å². The average Bonchev–Trinajstić information content (AvgIpc) is 2.90. The van der Waals surface area contributed by atoms with Gasteiger partial charge in [0.2, 0.25) is 13.1 Å². The number of unbranched alkanes of at least 4 members (excludes halogenated alkanes) is 18. The molecule has 6 nitrogen and oxygen atoms in total. The fourth-order valence-corrected chi connectivity index (χ4v) is 3.69. The maximum absolute atomic E-state index is 10.3. The Morgan fingerprint density at radius 1 is 0.513 bits per heavy atom. The standard InChI is InChI=1S/2C15H28O3.C2H6Si/c2*1-3-4-5-6-7-8-9-10-11-12-13-18-14(2)15(16)17;1-3-2/h2*2-13H2,1H3,(H,16,17);1-2H3/q;;+2/p-2. The second-order valence-electron chi connectivity index (χ2n) is 9.98. The number of aliphatic carboxylic acids is 2. The molecule has 7 heteroatoms. The van der Waals surface area contributed by atoms with Crippen molar-refractivity contribution in [1.29, 1.82) is 0 Å². The zero-order valence-corrected chi connectivity index (χ0v) is 26.9. The Labute approximate surface area is 243 Å². The molecule has 228 valence electrons. The van der Waals surface area contributed by atoms with Gasteiger partial charge in [-0.15, -0.1) is 0 Å². The summed E-state index contributed by atoms with van der Waals surface area (Å²) in [6.07, 6.45) is 25.0. The van der Waals surface area contributed by atoms with E-state index in [1.165, 1.54) is 103 Å². The minimum absolute atomic E-state index is 0.258. The highest BCUT2D eigenvalue weighted by molar-refractivity contribution is 6.31. The van der Waals surface area contributed by atoms with E-state index in [-0.39, 0.29) is 11.5 Å². The average molecular weight is 569 g/mol. The fraction of sp³-hybridized carbons (Fsp3) is 0.812. The van der Waals surface area contributed by atoms with Crippen LogP contribution in [-0.2, 0) is 19.1 Å². The van der Waals surface area contributed by atoms with Crippen LogP contribution in [0.5, 0.6) is 0 Å². The van der Waals surface area contributed by atoms with Gasteiger partial charge in [-0.05, 0) is 12.8 Å². The van der Waals surface area contributed by atoms with Crippen molar-refractivity contribution in [3.8, 4) is 0 Å². The highest BCUT2D eigenvalue weighted by atomic mass is 28.2. The second-order valence-corrected chi connectivity index (χ2v) is 11.0. The van der Waals surface area contributed by atoms with Gasteiger partial charge in [0.25, 0.3) is 0 Å². The molecule has 0 heterocycles. The summed E-state index contributed by atoms with van der Waals surface area (Å²) in [5.74, 6) is -3.15. The van der Waals surface area contributed by atoms with Gasteiger partial charge in [-0.25, -0.2) is 0 Å². The number of carboxylic acids is 2. The van der Waals surface area contributed by atoms with Crippen molar-refractivity contribution in [2.24, 2.45) is 0 Å². The highest BCUT2D eigenvalue weighted by Crippen LogP contribution is 2.12. The predicted octanol–water partition coefficient (Wildman–Crippen LogP) is 7.16. The van der Waals surface area contributed by atoms with Crippen LogP contribution >= 0.6 is 0 Å². The number of hydrogen-bond donors (Lipinski definition) is 0. The van der Waals surface area contributed by atoms with Gasteiger partial charge in [0.15, 0.2) is 0 Å². The first-order chi connectivity index (χ1) is 18.8. The third kappa shape index (κ3) is 40.9. The lowest BCUT2D eigenvalue weighted by Gasteiger charge is -2.09. The van der Waals surface area contributed by atoms with E-state index in [0.717, 1.165) is 35.2 Å². The van der Waals surface area contributed by atoms with Crippen LogP contribution in [0.2, 0.25) is 13.1 Å². The molecule has 39 heavy (non-hydrogen) atoms. The Hall–Kier alpha value is -1.76. The molecule has 0 aromatic carbocycles. The van der Waals surface area contributed by atoms with Gasteiger partial charge < -0.3 is 29.3 Å².